The van der Waals surface area contributed by atoms with Gasteiger partial charge in [0.1, 0.15) is 10.5 Å². The Hall–Kier alpha value is -1.38. The van der Waals surface area contributed by atoms with Gasteiger partial charge in [0.2, 0.25) is 0 Å². The summed E-state index contributed by atoms with van der Waals surface area (Å²) in [6.07, 6.45) is 0.930. The van der Waals surface area contributed by atoms with Crippen LogP contribution in [-0.2, 0) is 16.4 Å². The predicted molar refractivity (Wildman–Crippen MR) is 84.1 cm³/mol. The zero-order chi connectivity index (χ0) is 13.7. The largest absolute Gasteiger partial charge is 0.418 e. The lowest BCUT2D eigenvalue weighted by Crippen LogP contribution is -2.37. The monoisotopic (exact) mass is 270 g/mol. The molecule has 0 fully saturated rings. The van der Waals surface area contributed by atoms with E-state index in [1.807, 2.05) is 0 Å². The van der Waals surface area contributed by atoms with Gasteiger partial charge in [0.05, 0.1) is 5.60 Å². The van der Waals surface area contributed by atoms with Crippen LogP contribution in [0.4, 0.5) is 0 Å². The van der Waals surface area contributed by atoms with E-state index < -0.39 is 0 Å². The summed E-state index contributed by atoms with van der Waals surface area (Å²) in [5, 5.41) is 0. The van der Waals surface area contributed by atoms with Crippen LogP contribution in [0.1, 0.15) is 25.0 Å². The van der Waals surface area contributed by atoms with Crippen molar-refractivity contribution >= 4 is 10.5 Å². The maximum atomic E-state index is 6.13. The highest BCUT2D eigenvalue weighted by atomic mass is 28.2. The molecule has 0 aliphatic carbocycles. The Morgan fingerprint density at radius 2 is 1.47 bits per heavy atom. The van der Waals surface area contributed by atoms with E-state index in [-0.39, 0.29) is 5.60 Å². The molecule has 2 aromatic carbocycles. The highest BCUT2D eigenvalue weighted by Crippen LogP contribution is 2.36. The van der Waals surface area contributed by atoms with Crippen molar-refractivity contribution in [2.45, 2.75) is 25.9 Å². The number of rotatable bonds is 5. The molecule has 0 amide bonds. The molecule has 0 aliphatic rings. The molecule has 19 heavy (non-hydrogen) atoms. The lowest BCUT2D eigenvalue weighted by molar-refractivity contribution is 0.0265. The molecule has 0 N–H and O–H groups in total. The summed E-state index contributed by atoms with van der Waals surface area (Å²) < 4.78 is 6.13. The first-order valence-corrected chi connectivity index (χ1v) is 7.65. The quantitative estimate of drug-likeness (QED) is 0.759. The van der Waals surface area contributed by atoms with Crippen molar-refractivity contribution in [3.05, 3.63) is 71.8 Å². The van der Waals surface area contributed by atoms with E-state index in [0.717, 1.165) is 16.9 Å². The number of hydrogen-bond donors (Lipinski definition) is 0. The van der Waals surface area contributed by atoms with Gasteiger partial charge < -0.3 is 4.43 Å². The molecule has 0 saturated heterocycles. The van der Waals surface area contributed by atoms with Gasteiger partial charge in [-0.1, -0.05) is 74.5 Å². The van der Waals surface area contributed by atoms with E-state index in [1.165, 1.54) is 11.1 Å². The van der Waals surface area contributed by atoms with Gasteiger partial charge in [0.15, 0.2) is 0 Å². The topological polar surface area (TPSA) is 9.23 Å². The van der Waals surface area contributed by atoms with Crippen molar-refractivity contribution in [2.24, 2.45) is 5.92 Å². The molecular formula is C17H22OSi. The highest BCUT2D eigenvalue weighted by molar-refractivity contribution is 5.98. The first-order valence-electron chi connectivity index (χ1n) is 6.83. The molecule has 2 rings (SSSR count). The Bertz CT molecular complexity index is 495. The van der Waals surface area contributed by atoms with Crippen LogP contribution >= 0.6 is 0 Å². The molecule has 0 bridgehead atoms. The second-order valence-electron chi connectivity index (χ2n) is 5.28. The summed E-state index contributed by atoms with van der Waals surface area (Å²) in [6, 6.07) is 21.2. The van der Waals surface area contributed by atoms with Crippen molar-refractivity contribution in [2.75, 3.05) is 0 Å². The summed E-state index contributed by atoms with van der Waals surface area (Å²) in [5.74, 6) is 0.438. The van der Waals surface area contributed by atoms with Gasteiger partial charge in [-0.2, -0.15) is 0 Å². The minimum Gasteiger partial charge on any atom is -0.418 e. The summed E-state index contributed by atoms with van der Waals surface area (Å²) in [7, 11) is 0.740. The smallest absolute Gasteiger partial charge is 0.147 e. The van der Waals surface area contributed by atoms with Crippen molar-refractivity contribution < 1.29 is 4.43 Å². The van der Waals surface area contributed by atoms with Crippen LogP contribution in [0.15, 0.2) is 60.7 Å². The molecule has 0 aliphatic heterocycles. The van der Waals surface area contributed by atoms with Crippen LogP contribution in [0.5, 0.6) is 0 Å². The van der Waals surface area contributed by atoms with Crippen molar-refractivity contribution in [3.8, 4) is 0 Å². The molecular weight excluding hydrogens is 248 g/mol. The molecule has 0 aromatic heterocycles. The van der Waals surface area contributed by atoms with E-state index >= 15 is 0 Å². The molecule has 2 aromatic rings. The predicted octanol–water partition coefficient (Wildman–Crippen LogP) is 3.08. The second-order valence-corrected chi connectivity index (χ2v) is 5.68. The first kappa shape index (κ1) is 14.0. The molecule has 2 heteroatoms. The van der Waals surface area contributed by atoms with Gasteiger partial charge in [-0.25, -0.2) is 0 Å². The second kappa shape index (κ2) is 6.18. The standard InChI is InChI=1S/C17H22OSi/c1-14(2)17(18-19,16-11-7-4-8-12-16)13-15-9-5-3-6-10-15/h3-12,14H,13H2,1-2,19H3. The Morgan fingerprint density at radius 1 is 0.947 bits per heavy atom. The number of hydrogen-bond acceptors (Lipinski definition) is 1. The van der Waals surface area contributed by atoms with Crippen LogP contribution in [0, 0.1) is 5.92 Å². The van der Waals surface area contributed by atoms with Crippen LogP contribution < -0.4 is 0 Å². The molecule has 0 radical (unpaired) electrons. The van der Waals surface area contributed by atoms with E-state index in [0.29, 0.717) is 5.92 Å². The summed E-state index contributed by atoms with van der Waals surface area (Å²) >= 11 is 0. The Labute approximate surface area is 119 Å². The summed E-state index contributed by atoms with van der Waals surface area (Å²) in [6.45, 7) is 4.49. The average Bonchev–Trinajstić information content (AvgIpc) is 2.46. The maximum absolute atomic E-state index is 6.13. The zero-order valence-electron chi connectivity index (χ0n) is 12.0. The fourth-order valence-electron chi connectivity index (χ4n) is 2.68. The first-order chi connectivity index (χ1) is 9.19. The van der Waals surface area contributed by atoms with Crippen LogP contribution in [-0.4, -0.2) is 10.5 Å². The number of benzene rings is 2. The van der Waals surface area contributed by atoms with E-state index in [2.05, 4.69) is 74.5 Å². The molecule has 1 atom stereocenters. The highest BCUT2D eigenvalue weighted by Gasteiger charge is 2.35. The van der Waals surface area contributed by atoms with Gasteiger partial charge in [-0.05, 0) is 17.0 Å². The summed E-state index contributed by atoms with van der Waals surface area (Å²) in [4.78, 5) is 0. The molecule has 100 valence electrons. The lowest BCUT2D eigenvalue weighted by atomic mass is 9.79. The third-order valence-electron chi connectivity index (χ3n) is 3.87. The Kier molecular flexibility index (Phi) is 4.56. The van der Waals surface area contributed by atoms with E-state index in [9.17, 15) is 0 Å². The van der Waals surface area contributed by atoms with Gasteiger partial charge in [-0.15, -0.1) is 0 Å². The molecule has 0 saturated carbocycles. The van der Waals surface area contributed by atoms with Gasteiger partial charge in [-0.3, -0.25) is 0 Å². The maximum Gasteiger partial charge on any atom is 0.147 e. The minimum absolute atomic E-state index is 0.200. The van der Waals surface area contributed by atoms with Gasteiger partial charge in [0, 0.05) is 6.42 Å². The lowest BCUT2D eigenvalue weighted by Gasteiger charge is -2.38. The van der Waals surface area contributed by atoms with Crippen LogP contribution in [0.25, 0.3) is 0 Å². The average molecular weight is 270 g/mol. The van der Waals surface area contributed by atoms with Crippen LogP contribution in [0.2, 0.25) is 0 Å². The Balaban J connectivity index is 2.41. The molecule has 0 heterocycles. The van der Waals surface area contributed by atoms with Gasteiger partial charge in [0.25, 0.3) is 0 Å². The summed E-state index contributed by atoms with van der Waals surface area (Å²) in [5.41, 5.74) is 2.41. The SMILES string of the molecule is CC(C)C(Cc1ccccc1)(O[SiH3])c1ccccc1. The van der Waals surface area contributed by atoms with Crippen molar-refractivity contribution in [1.29, 1.82) is 0 Å². The third-order valence-corrected chi connectivity index (χ3v) is 4.60. The fourth-order valence-corrected chi connectivity index (χ4v) is 3.54. The zero-order valence-corrected chi connectivity index (χ0v) is 14.0. The van der Waals surface area contributed by atoms with E-state index in [4.69, 9.17) is 4.43 Å². The third kappa shape index (κ3) is 2.96. The van der Waals surface area contributed by atoms with E-state index in [1.54, 1.807) is 0 Å². The molecule has 1 nitrogen and oxygen atoms in total. The normalized spacial score (nSPS) is 14.5. The fraction of sp³-hybridized carbons (Fsp3) is 0.294. The van der Waals surface area contributed by atoms with Crippen molar-refractivity contribution in [3.63, 3.8) is 0 Å². The Morgan fingerprint density at radius 3 is 1.95 bits per heavy atom. The molecule has 0 spiro atoms. The van der Waals surface area contributed by atoms with Crippen molar-refractivity contribution in [1.82, 2.24) is 0 Å². The van der Waals surface area contributed by atoms with Gasteiger partial charge >= 0.3 is 0 Å². The molecule has 1 unspecified atom stereocenters. The van der Waals surface area contributed by atoms with Crippen LogP contribution in [0.3, 0.4) is 0 Å². The minimum atomic E-state index is -0.200.